The van der Waals surface area contributed by atoms with E-state index in [2.05, 4.69) is 10.9 Å². The molecular formula is C19H22N4O3. The van der Waals surface area contributed by atoms with E-state index in [-0.39, 0.29) is 27.9 Å². The van der Waals surface area contributed by atoms with Gasteiger partial charge >= 0.3 is 0 Å². The van der Waals surface area contributed by atoms with E-state index in [1.807, 2.05) is 51.1 Å². The fourth-order valence-electron chi connectivity index (χ4n) is 2.86. The maximum Gasteiger partial charge on any atom is 0.279 e. The first-order chi connectivity index (χ1) is 12.1. The molecule has 0 unspecified atom stereocenters. The lowest BCUT2D eigenvalue weighted by atomic mass is 9.99. The fraction of sp³-hybridized carbons (Fsp3) is 0.316. The normalized spacial score (nSPS) is 11.9. The molecule has 1 heterocycles. The Morgan fingerprint density at radius 3 is 2.12 bits per heavy atom. The number of nitrogens with one attached hydrogen (secondary N) is 2. The second-order valence-electron chi connectivity index (χ2n) is 7.34. The van der Waals surface area contributed by atoms with Gasteiger partial charge in [-0.05, 0) is 39.8 Å². The minimum Gasteiger partial charge on any atom is -0.317 e. The molecule has 2 aromatic carbocycles. The van der Waals surface area contributed by atoms with Crippen LogP contribution >= 0.6 is 0 Å². The Labute approximate surface area is 150 Å². The molecule has 26 heavy (non-hydrogen) atoms. The first-order valence-electron chi connectivity index (χ1n) is 8.34. The molecule has 1 aromatic heterocycles. The quantitative estimate of drug-likeness (QED) is 0.547. The van der Waals surface area contributed by atoms with Gasteiger partial charge < -0.3 is 5.43 Å². The number of hydrazine groups is 1. The summed E-state index contributed by atoms with van der Waals surface area (Å²) in [5.41, 5.74) is 5.70. The fourth-order valence-corrected chi connectivity index (χ4v) is 2.86. The van der Waals surface area contributed by atoms with Crippen molar-refractivity contribution in [3.05, 3.63) is 66.8 Å². The monoisotopic (exact) mass is 354 g/mol. The van der Waals surface area contributed by atoms with Crippen LogP contribution in [0.1, 0.15) is 26.5 Å². The van der Waals surface area contributed by atoms with Crippen molar-refractivity contribution in [2.45, 2.75) is 33.2 Å². The van der Waals surface area contributed by atoms with E-state index in [0.29, 0.717) is 11.4 Å². The molecule has 0 bridgehead atoms. The predicted molar refractivity (Wildman–Crippen MR) is 103 cm³/mol. The highest BCUT2D eigenvalue weighted by molar-refractivity contribution is 5.82. The molecule has 7 heteroatoms. The number of benzene rings is 1. The Kier molecular flexibility index (Phi) is 4.20. The van der Waals surface area contributed by atoms with Gasteiger partial charge in [0, 0.05) is 18.3 Å². The molecular weight excluding hydrogens is 332 g/mol. The summed E-state index contributed by atoms with van der Waals surface area (Å²) in [6, 6.07) is 9.16. The molecule has 0 aliphatic rings. The minimum absolute atomic E-state index is 0.135. The van der Waals surface area contributed by atoms with E-state index in [9.17, 15) is 14.4 Å². The van der Waals surface area contributed by atoms with Crippen molar-refractivity contribution in [1.82, 2.24) is 14.8 Å². The molecule has 7 nitrogen and oxygen atoms in total. The summed E-state index contributed by atoms with van der Waals surface area (Å²) in [5, 5.41) is 0. The van der Waals surface area contributed by atoms with Gasteiger partial charge in [0.15, 0.2) is 0 Å². The van der Waals surface area contributed by atoms with Crippen LogP contribution in [0.3, 0.4) is 0 Å². The van der Waals surface area contributed by atoms with Crippen LogP contribution in [0.15, 0.2) is 44.7 Å². The molecule has 136 valence electrons. The molecule has 0 amide bonds. The predicted octanol–water partition coefficient (Wildman–Crippen LogP) is 1.46. The third-order valence-electron chi connectivity index (χ3n) is 4.28. The van der Waals surface area contributed by atoms with Crippen molar-refractivity contribution in [2.75, 3.05) is 5.43 Å². The van der Waals surface area contributed by atoms with Crippen LogP contribution in [-0.2, 0) is 7.05 Å². The highest BCUT2D eigenvalue weighted by atomic mass is 16.2. The average Bonchev–Trinajstić information content (AvgIpc) is 2.80. The summed E-state index contributed by atoms with van der Waals surface area (Å²) in [7, 11) is 1.75. The molecule has 0 saturated carbocycles. The molecule has 2 N–H and O–H groups in total. The number of rotatable bonds is 4. The maximum absolute atomic E-state index is 13.0. The van der Waals surface area contributed by atoms with E-state index >= 15 is 0 Å². The maximum atomic E-state index is 13.0. The summed E-state index contributed by atoms with van der Waals surface area (Å²) in [6.45, 7) is 7.51. The standard InChI is InChI=1S/C19H22N4O3/c1-11-13(14-15(17(25)16(14)24)20-21-19(2,3)4)18(26)23(22(11)5)12-9-7-6-8-10-12/h6-10,20-21H,1-5H3. The van der Waals surface area contributed by atoms with Gasteiger partial charge in [0.2, 0.25) is 5.43 Å². The van der Waals surface area contributed by atoms with Crippen LogP contribution in [0.2, 0.25) is 0 Å². The van der Waals surface area contributed by atoms with Gasteiger partial charge in [-0.15, -0.1) is 0 Å². The van der Waals surface area contributed by atoms with Crippen LogP contribution in [0, 0.1) is 6.92 Å². The van der Waals surface area contributed by atoms with Gasteiger partial charge in [-0.2, -0.15) is 0 Å². The second-order valence-corrected chi connectivity index (χ2v) is 7.34. The van der Waals surface area contributed by atoms with Crippen molar-refractivity contribution < 1.29 is 0 Å². The molecule has 0 saturated heterocycles. The summed E-state index contributed by atoms with van der Waals surface area (Å²) in [4.78, 5) is 37.3. The lowest BCUT2D eigenvalue weighted by molar-refractivity contribution is 0.465. The van der Waals surface area contributed by atoms with Crippen LogP contribution < -0.4 is 27.3 Å². The summed E-state index contributed by atoms with van der Waals surface area (Å²) < 4.78 is 3.17. The first-order valence-corrected chi connectivity index (χ1v) is 8.34. The molecule has 0 aliphatic heterocycles. The number of aromatic nitrogens is 2. The largest absolute Gasteiger partial charge is 0.317 e. The van der Waals surface area contributed by atoms with Crippen LogP contribution in [-0.4, -0.2) is 14.9 Å². The Bertz CT molecular complexity index is 1090. The van der Waals surface area contributed by atoms with Crippen LogP contribution in [0.5, 0.6) is 0 Å². The molecule has 0 fully saturated rings. The highest BCUT2D eigenvalue weighted by Gasteiger charge is 2.29. The minimum atomic E-state index is -0.644. The first kappa shape index (κ1) is 17.9. The van der Waals surface area contributed by atoms with Crippen molar-refractivity contribution >= 4 is 5.69 Å². The van der Waals surface area contributed by atoms with E-state index < -0.39 is 10.9 Å². The van der Waals surface area contributed by atoms with Crippen LogP contribution in [0.25, 0.3) is 16.8 Å². The van der Waals surface area contributed by atoms with Crippen molar-refractivity contribution in [3.8, 4) is 16.8 Å². The zero-order valence-electron chi connectivity index (χ0n) is 15.5. The zero-order chi connectivity index (χ0) is 19.2. The zero-order valence-corrected chi connectivity index (χ0v) is 15.5. The number of nitrogens with zero attached hydrogens (tertiary/aromatic N) is 2. The van der Waals surface area contributed by atoms with E-state index in [1.165, 1.54) is 4.68 Å². The van der Waals surface area contributed by atoms with Gasteiger partial charge in [-0.25, -0.2) is 10.1 Å². The third kappa shape index (κ3) is 2.80. The highest BCUT2D eigenvalue weighted by Crippen LogP contribution is 2.25. The SMILES string of the molecule is Cc1c(-c2c(NNC(C)(C)C)c(=O)c2=O)c(=O)n(-c2ccccc2)n1C. The lowest BCUT2D eigenvalue weighted by Gasteiger charge is -2.23. The topological polar surface area (TPSA) is 85.1 Å². The summed E-state index contributed by atoms with van der Waals surface area (Å²) >= 11 is 0. The molecule has 0 aliphatic carbocycles. The second kappa shape index (κ2) is 6.10. The molecule has 3 rings (SSSR count). The average molecular weight is 354 g/mol. The smallest absolute Gasteiger partial charge is 0.279 e. The third-order valence-corrected chi connectivity index (χ3v) is 4.28. The van der Waals surface area contributed by atoms with E-state index in [4.69, 9.17) is 0 Å². The Balaban J connectivity index is 2.16. The lowest BCUT2D eigenvalue weighted by Crippen LogP contribution is -2.46. The summed E-state index contributed by atoms with van der Waals surface area (Å²) in [6.07, 6.45) is 0. The summed E-state index contributed by atoms with van der Waals surface area (Å²) in [5.74, 6) is 0. The van der Waals surface area contributed by atoms with E-state index in [1.54, 1.807) is 18.7 Å². The van der Waals surface area contributed by atoms with Crippen molar-refractivity contribution in [3.63, 3.8) is 0 Å². The number of anilines is 1. The van der Waals surface area contributed by atoms with Gasteiger partial charge in [0.1, 0.15) is 5.69 Å². The Morgan fingerprint density at radius 2 is 1.54 bits per heavy atom. The van der Waals surface area contributed by atoms with Gasteiger partial charge in [0.25, 0.3) is 11.0 Å². The number of para-hydroxylation sites is 1. The Hall–Kier alpha value is -2.93. The van der Waals surface area contributed by atoms with E-state index in [0.717, 1.165) is 0 Å². The molecule has 3 aromatic rings. The van der Waals surface area contributed by atoms with Crippen molar-refractivity contribution in [1.29, 1.82) is 0 Å². The van der Waals surface area contributed by atoms with Crippen molar-refractivity contribution in [2.24, 2.45) is 7.05 Å². The van der Waals surface area contributed by atoms with Gasteiger partial charge in [-0.1, -0.05) is 18.2 Å². The van der Waals surface area contributed by atoms with Crippen LogP contribution in [0.4, 0.5) is 5.69 Å². The molecule has 0 radical (unpaired) electrons. The molecule has 0 spiro atoms. The van der Waals surface area contributed by atoms with Gasteiger partial charge in [-0.3, -0.25) is 19.1 Å². The molecule has 0 atom stereocenters. The number of hydrogen-bond acceptors (Lipinski definition) is 5. The van der Waals surface area contributed by atoms with Gasteiger partial charge in [0.05, 0.1) is 16.8 Å². The Morgan fingerprint density at radius 1 is 0.923 bits per heavy atom. The number of hydrogen-bond donors (Lipinski definition) is 2.